The lowest BCUT2D eigenvalue weighted by molar-refractivity contribution is 0.0941. The Morgan fingerprint density at radius 1 is 0.931 bits per heavy atom. The maximum absolute atomic E-state index is 12.8. The molecule has 1 aliphatic carbocycles. The van der Waals surface area contributed by atoms with Crippen LogP contribution in [0, 0.1) is 0 Å². The normalized spacial score (nSPS) is 13.8. The number of thiophene rings is 1. The molecular weight excluding hydrogens is 374 g/mol. The third kappa shape index (κ3) is 3.16. The van der Waals surface area contributed by atoms with E-state index in [1.807, 2.05) is 40.2 Å². The van der Waals surface area contributed by atoms with Gasteiger partial charge in [-0.3, -0.25) is 9.36 Å². The number of benzene rings is 2. The Labute approximate surface area is 175 Å². The molecule has 0 unspecified atom stereocenters. The molecule has 2 aromatic carbocycles. The van der Waals surface area contributed by atoms with Gasteiger partial charge in [0.05, 0.1) is 5.69 Å². The van der Waals surface area contributed by atoms with Gasteiger partial charge in [0.2, 0.25) is 5.91 Å². The predicted molar refractivity (Wildman–Crippen MR) is 124 cm³/mol. The first-order valence-corrected chi connectivity index (χ1v) is 11.0. The number of aromatic nitrogens is 1. The molecule has 2 nitrogen and oxygen atoms in total. The molecule has 0 N–H and O–H groups in total. The summed E-state index contributed by atoms with van der Waals surface area (Å²) in [5, 5.41) is 1.29. The van der Waals surface area contributed by atoms with Crippen molar-refractivity contribution in [1.29, 1.82) is 0 Å². The zero-order chi connectivity index (χ0) is 19.8. The van der Waals surface area contributed by atoms with Gasteiger partial charge in [0.15, 0.2) is 0 Å². The van der Waals surface area contributed by atoms with Crippen molar-refractivity contribution in [3.8, 4) is 11.1 Å². The minimum atomic E-state index is 0.0727. The van der Waals surface area contributed by atoms with Crippen molar-refractivity contribution in [3.63, 3.8) is 0 Å². The Morgan fingerprint density at radius 2 is 1.62 bits per heavy atom. The fraction of sp³-hybridized carbons (Fsp3) is 0.192. The number of aryl methyl sites for hydroxylation is 2. The lowest BCUT2D eigenvalue weighted by atomic mass is 9.93. The van der Waals surface area contributed by atoms with Gasteiger partial charge in [0.25, 0.3) is 0 Å². The van der Waals surface area contributed by atoms with Gasteiger partial charge in [-0.15, -0.1) is 11.3 Å². The van der Waals surface area contributed by atoms with Crippen LogP contribution in [-0.4, -0.2) is 10.5 Å². The number of hydrogen-bond acceptors (Lipinski definition) is 2. The molecule has 0 fully saturated rings. The second-order valence-corrected chi connectivity index (χ2v) is 8.70. The largest absolute Gasteiger partial charge is 0.274 e. The highest BCUT2D eigenvalue weighted by molar-refractivity contribution is 7.19. The van der Waals surface area contributed by atoms with Crippen molar-refractivity contribution in [2.75, 3.05) is 0 Å². The molecule has 0 saturated carbocycles. The Morgan fingerprint density at radius 3 is 2.34 bits per heavy atom. The first kappa shape index (κ1) is 18.1. The molecule has 4 aromatic rings. The first-order valence-electron chi connectivity index (χ1n) is 10.2. The molecule has 5 rings (SSSR count). The Hall–Kier alpha value is -2.91. The third-order valence-corrected chi connectivity index (χ3v) is 6.99. The molecule has 144 valence electrons. The van der Waals surface area contributed by atoms with E-state index in [-0.39, 0.29) is 5.91 Å². The predicted octanol–water partition coefficient (Wildman–Crippen LogP) is 7.08. The molecule has 0 amide bonds. The van der Waals surface area contributed by atoms with Crippen LogP contribution in [0.5, 0.6) is 0 Å². The van der Waals surface area contributed by atoms with Crippen LogP contribution in [0.25, 0.3) is 33.5 Å². The van der Waals surface area contributed by atoms with E-state index in [0.29, 0.717) is 0 Å². The van der Waals surface area contributed by atoms with Crippen LogP contribution in [-0.2, 0) is 12.8 Å². The van der Waals surface area contributed by atoms with E-state index >= 15 is 0 Å². The van der Waals surface area contributed by atoms with Gasteiger partial charge < -0.3 is 0 Å². The molecule has 2 heterocycles. The fourth-order valence-corrected chi connectivity index (χ4v) is 5.88. The van der Waals surface area contributed by atoms with Gasteiger partial charge in [0.1, 0.15) is 4.83 Å². The SMILES string of the molecule is CC(=O)n1c(/C=C/c2ccccc2)c(-c2ccccc2)c2c3c(sc21)CCCC3. The molecule has 0 atom stereocenters. The highest BCUT2D eigenvalue weighted by Crippen LogP contribution is 2.45. The van der Waals surface area contributed by atoms with Gasteiger partial charge in [0, 0.05) is 22.8 Å². The van der Waals surface area contributed by atoms with E-state index in [9.17, 15) is 4.79 Å². The number of hydrogen-bond donors (Lipinski definition) is 0. The molecule has 0 bridgehead atoms. The van der Waals surface area contributed by atoms with Gasteiger partial charge in [-0.1, -0.05) is 66.7 Å². The van der Waals surface area contributed by atoms with Gasteiger partial charge in [-0.25, -0.2) is 0 Å². The average molecular weight is 398 g/mol. The van der Waals surface area contributed by atoms with Crippen molar-refractivity contribution in [3.05, 3.63) is 82.4 Å². The van der Waals surface area contributed by atoms with Crippen LogP contribution < -0.4 is 0 Å². The van der Waals surface area contributed by atoms with E-state index < -0.39 is 0 Å². The zero-order valence-electron chi connectivity index (χ0n) is 16.5. The molecule has 0 aliphatic heterocycles. The number of carbonyl (C=O) groups excluding carboxylic acids is 1. The summed E-state index contributed by atoms with van der Waals surface area (Å²) >= 11 is 1.81. The van der Waals surface area contributed by atoms with Crippen molar-refractivity contribution >= 4 is 39.6 Å². The lowest BCUT2D eigenvalue weighted by Gasteiger charge is -2.12. The molecule has 0 saturated heterocycles. The summed E-state index contributed by atoms with van der Waals surface area (Å²) < 4.78 is 1.93. The van der Waals surface area contributed by atoms with Crippen LogP contribution >= 0.6 is 11.3 Å². The van der Waals surface area contributed by atoms with Crippen molar-refractivity contribution in [2.45, 2.75) is 32.6 Å². The summed E-state index contributed by atoms with van der Waals surface area (Å²) in [6, 6.07) is 20.8. The Bertz CT molecular complexity index is 1210. The van der Waals surface area contributed by atoms with E-state index in [1.165, 1.54) is 39.8 Å². The fourth-order valence-electron chi connectivity index (χ4n) is 4.42. The minimum Gasteiger partial charge on any atom is -0.274 e. The molecular formula is C26H23NOS. The van der Waals surface area contributed by atoms with Crippen LogP contribution in [0.2, 0.25) is 0 Å². The summed E-state index contributed by atoms with van der Waals surface area (Å²) in [6.45, 7) is 1.67. The van der Waals surface area contributed by atoms with Gasteiger partial charge in [-0.05, 0) is 48.4 Å². The smallest absolute Gasteiger partial charge is 0.229 e. The molecule has 0 spiro atoms. The van der Waals surface area contributed by atoms with E-state index in [2.05, 4.69) is 48.6 Å². The van der Waals surface area contributed by atoms with E-state index in [4.69, 9.17) is 0 Å². The second kappa shape index (κ2) is 7.49. The molecule has 29 heavy (non-hydrogen) atoms. The monoisotopic (exact) mass is 397 g/mol. The number of fused-ring (bicyclic) bond motifs is 3. The highest BCUT2D eigenvalue weighted by Gasteiger charge is 2.27. The number of rotatable bonds is 3. The average Bonchev–Trinajstić information content (AvgIpc) is 3.27. The van der Waals surface area contributed by atoms with Gasteiger partial charge >= 0.3 is 0 Å². The number of nitrogens with zero attached hydrogens (tertiary/aromatic N) is 1. The van der Waals surface area contributed by atoms with Crippen molar-refractivity contribution < 1.29 is 4.79 Å². The molecule has 2 aromatic heterocycles. The quantitative estimate of drug-likeness (QED) is 0.362. The molecule has 1 aliphatic rings. The molecule has 0 radical (unpaired) electrons. The standard InChI is InChI=1S/C26H23NOS/c1-18(28)27-22(17-16-19-10-4-2-5-11-19)24(20-12-6-3-7-13-20)25-21-14-8-9-15-23(21)29-26(25)27/h2-7,10-13,16-17H,8-9,14-15H2,1H3/b17-16+. The summed E-state index contributed by atoms with van der Waals surface area (Å²) in [7, 11) is 0. The summed E-state index contributed by atoms with van der Waals surface area (Å²) in [6.07, 6.45) is 8.94. The first-order chi connectivity index (χ1) is 14.2. The topological polar surface area (TPSA) is 22.0 Å². The maximum Gasteiger partial charge on any atom is 0.229 e. The van der Waals surface area contributed by atoms with Gasteiger partial charge in [-0.2, -0.15) is 0 Å². The zero-order valence-corrected chi connectivity index (χ0v) is 17.3. The van der Waals surface area contributed by atoms with Crippen molar-refractivity contribution in [1.82, 2.24) is 4.57 Å². The summed E-state index contributed by atoms with van der Waals surface area (Å²) in [5.41, 5.74) is 5.96. The summed E-state index contributed by atoms with van der Waals surface area (Å²) in [4.78, 5) is 15.4. The van der Waals surface area contributed by atoms with E-state index in [1.54, 1.807) is 6.92 Å². The number of carbonyl (C=O) groups is 1. The summed E-state index contributed by atoms with van der Waals surface area (Å²) in [5.74, 6) is 0.0727. The van der Waals surface area contributed by atoms with E-state index in [0.717, 1.165) is 28.9 Å². The highest BCUT2D eigenvalue weighted by atomic mass is 32.1. The Balaban J connectivity index is 1.82. The molecule has 3 heteroatoms. The van der Waals surface area contributed by atoms with Crippen LogP contribution in [0.15, 0.2) is 60.7 Å². The van der Waals surface area contributed by atoms with Crippen LogP contribution in [0.4, 0.5) is 0 Å². The lowest BCUT2D eigenvalue weighted by Crippen LogP contribution is -2.06. The minimum absolute atomic E-state index is 0.0727. The van der Waals surface area contributed by atoms with Crippen LogP contribution in [0.1, 0.15) is 46.3 Å². The third-order valence-electron chi connectivity index (χ3n) is 5.71. The van der Waals surface area contributed by atoms with Crippen molar-refractivity contribution in [2.24, 2.45) is 0 Å². The second-order valence-electron chi connectivity index (χ2n) is 7.62. The Kier molecular flexibility index (Phi) is 4.69. The maximum atomic E-state index is 12.8. The van der Waals surface area contributed by atoms with Crippen LogP contribution in [0.3, 0.4) is 0 Å².